The number of hydrogen-bond donors (Lipinski definition) is 0. The molecule has 5 heteroatoms. The smallest absolute Gasteiger partial charge is 0.228 e. The van der Waals surface area contributed by atoms with Crippen LogP contribution in [0.2, 0.25) is 0 Å². The molecule has 0 saturated heterocycles. The van der Waals surface area contributed by atoms with E-state index in [1.807, 2.05) is 40.6 Å². The number of rotatable bonds is 7. The van der Waals surface area contributed by atoms with Crippen molar-refractivity contribution < 1.29 is 4.79 Å². The van der Waals surface area contributed by atoms with Crippen LogP contribution in [0.25, 0.3) is 10.6 Å². The van der Waals surface area contributed by atoms with E-state index < -0.39 is 0 Å². The molecule has 0 fully saturated rings. The highest BCUT2D eigenvalue weighted by Gasteiger charge is 2.16. The zero-order valence-corrected chi connectivity index (χ0v) is 15.1. The standard InChI is InChI=1S/C20H21N3OS/c1-2-11-23(14-16-7-4-3-5-8-16)19(24)12-18-15-25-20(22-18)17-9-6-10-21-13-17/h3-10,13,15H,2,11-12,14H2,1H3. The Labute approximate surface area is 152 Å². The fourth-order valence-corrected chi connectivity index (χ4v) is 3.45. The minimum absolute atomic E-state index is 0.119. The van der Waals surface area contributed by atoms with Crippen LogP contribution in [0.15, 0.2) is 60.2 Å². The number of hydrogen-bond acceptors (Lipinski definition) is 4. The minimum atomic E-state index is 0.119. The van der Waals surface area contributed by atoms with E-state index in [1.54, 1.807) is 23.7 Å². The predicted molar refractivity (Wildman–Crippen MR) is 101 cm³/mol. The monoisotopic (exact) mass is 351 g/mol. The van der Waals surface area contributed by atoms with E-state index in [2.05, 4.69) is 29.0 Å². The zero-order valence-electron chi connectivity index (χ0n) is 14.3. The van der Waals surface area contributed by atoms with Gasteiger partial charge in [-0.05, 0) is 24.1 Å². The van der Waals surface area contributed by atoms with Crippen LogP contribution in [0.5, 0.6) is 0 Å². The Bertz CT molecular complexity index is 802. The molecule has 0 bridgehead atoms. The lowest BCUT2D eigenvalue weighted by Gasteiger charge is -2.22. The van der Waals surface area contributed by atoms with Gasteiger partial charge >= 0.3 is 0 Å². The minimum Gasteiger partial charge on any atom is -0.338 e. The molecule has 0 aliphatic carbocycles. The first-order valence-electron chi connectivity index (χ1n) is 8.42. The van der Waals surface area contributed by atoms with E-state index >= 15 is 0 Å². The molecule has 3 rings (SSSR count). The molecule has 128 valence electrons. The van der Waals surface area contributed by atoms with Gasteiger partial charge in [-0.1, -0.05) is 37.3 Å². The van der Waals surface area contributed by atoms with E-state index in [0.29, 0.717) is 13.0 Å². The van der Waals surface area contributed by atoms with Gasteiger partial charge in [-0.2, -0.15) is 0 Å². The van der Waals surface area contributed by atoms with Gasteiger partial charge in [0.1, 0.15) is 5.01 Å². The summed E-state index contributed by atoms with van der Waals surface area (Å²) < 4.78 is 0. The van der Waals surface area contributed by atoms with Gasteiger partial charge in [0.2, 0.25) is 5.91 Å². The molecular weight excluding hydrogens is 330 g/mol. The van der Waals surface area contributed by atoms with Crippen molar-refractivity contribution in [2.75, 3.05) is 6.54 Å². The van der Waals surface area contributed by atoms with E-state index in [0.717, 1.165) is 34.8 Å². The number of nitrogens with zero attached hydrogens (tertiary/aromatic N) is 3. The van der Waals surface area contributed by atoms with E-state index in [4.69, 9.17) is 0 Å². The molecule has 0 aliphatic heterocycles. The summed E-state index contributed by atoms with van der Waals surface area (Å²) in [7, 11) is 0. The molecule has 2 aromatic heterocycles. The van der Waals surface area contributed by atoms with Crippen molar-refractivity contribution >= 4 is 17.2 Å². The summed E-state index contributed by atoms with van der Waals surface area (Å²) in [4.78, 5) is 23.4. The van der Waals surface area contributed by atoms with Gasteiger partial charge in [-0.25, -0.2) is 4.98 Å². The number of thiazole rings is 1. The maximum Gasteiger partial charge on any atom is 0.228 e. The Morgan fingerprint density at radius 3 is 2.72 bits per heavy atom. The summed E-state index contributed by atoms with van der Waals surface area (Å²) in [6.07, 6.45) is 4.82. The van der Waals surface area contributed by atoms with Crippen LogP contribution in [-0.4, -0.2) is 27.3 Å². The third kappa shape index (κ3) is 4.73. The van der Waals surface area contributed by atoms with Crippen molar-refractivity contribution in [3.05, 3.63) is 71.5 Å². The number of carbonyl (C=O) groups excluding carboxylic acids is 1. The first kappa shape index (κ1) is 17.3. The summed E-state index contributed by atoms with van der Waals surface area (Å²) in [6.45, 7) is 3.50. The average Bonchev–Trinajstić information content (AvgIpc) is 3.11. The molecule has 0 aliphatic rings. The predicted octanol–water partition coefficient (Wildman–Crippen LogP) is 4.19. The summed E-state index contributed by atoms with van der Waals surface area (Å²) in [5.74, 6) is 0.119. The normalized spacial score (nSPS) is 10.6. The number of benzene rings is 1. The van der Waals surface area contributed by atoms with E-state index in [1.165, 1.54) is 0 Å². The van der Waals surface area contributed by atoms with Crippen LogP contribution in [0, 0.1) is 0 Å². The maximum atomic E-state index is 12.7. The second kappa shape index (κ2) is 8.53. The summed E-state index contributed by atoms with van der Waals surface area (Å²) >= 11 is 1.55. The Balaban J connectivity index is 1.68. The van der Waals surface area contributed by atoms with Gasteiger partial charge in [-0.3, -0.25) is 9.78 Å². The fourth-order valence-electron chi connectivity index (χ4n) is 2.64. The average molecular weight is 351 g/mol. The number of carbonyl (C=O) groups is 1. The van der Waals surface area contributed by atoms with Crippen molar-refractivity contribution in [1.29, 1.82) is 0 Å². The Morgan fingerprint density at radius 2 is 2.00 bits per heavy atom. The Hall–Kier alpha value is -2.53. The molecular formula is C20H21N3OS. The molecule has 3 aromatic rings. The summed E-state index contributed by atoms with van der Waals surface area (Å²) in [5.41, 5.74) is 2.96. The van der Waals surface area contributed by atoms with Crippen molar-refractivity contribution in [2.45, 2.75) is 26.3 Å². The lowest BCUT2D eigenvalue weighted by molar-refractivity contribution is -0.131. The van der Waals surface area contributed by atoms with Gasteiger partial charge < -0.3 is 4.90 Å². The van der Waals surface area contributed by atoms with Gasteiger partial charge in [0.15, 0.2) is 0 Å². The van der Waals surface area contributed by atoms with Gasteiger partial charge in [0.25, 0.3) is 0 Å². The van der Waals surface area contributed by atoms with Crippen molar-refractivity contribution in [1.82, 2.24) is 14.9 Å². The van der Waals surface area contributed by atoms with E-state index in [9.17, 15) is 4.79 Å². The van der Waals surface area contributed by atoms with Gasteiger partial charge in [-0.15, -0.1) is 11.3 Å². The molecule has 25 heavy (non-hydrogen) atoms. The quantitative estimate of drug-likeness (QED) is 0.641. The summed E-state index contributed by atoms with van der Waals surface area (Å²) in [6, 6.07) is 14.0. The Morgan fingerprint density at radius 1 is 1.16 bits per heavy atom. The first-order chi connectivity index (χ1) is 12.3. The van der Waals surface area contributed by atoms with Gasteiger partial charge in [0, 0.05) is 36.4 Å². The van der Waals surface area contributed by atoms with Crippen molar-refractivity contribution in [3.8, 4) is 10.6 Å². The number of pyridine rings is 1. The van der Waals surface area contributed by atoms with Crippen LogP contribution in [-0.2, 0) is 17.8 Å². The van der Waals surface area contributed by atoms with Crippen LogP contribution in [0.4, 0.5) is 0 Å². The van der Waals surface area contributed by atoms with Crippen LogP contribution >= 0.6 is 11.3 Å². The SMILES string of the molecule is CCCN(Cc1ccccc1)C(=O)Cc1csc(-c2cccnc2)n1. The molecule has 2 heterocycles. The highest BCUT2D eigenvalue weighted by atomic mass is 32.1. The highest BCUT2D eigenvalue weighted by molar-refractivity contribution is 7.13. The second-order valence-corrected chi connectivity index (χ2v) is 6.72. The zero-order chi connectivity index (χ0) is 17.5. The molecule has 0 N–H and O–H groups in total. The first-order valence-corrected chi connectivity index (χ1v) is 9.30. The van der Waals surface area contributed by atoms with Crippen LogP contribution in [0.1, 0.15) is 24.6 Å². The molecule has 0 saturated carbocycles. The topological polar surface area (TPSA) is 46.1 Å². The van der Waals surface area contributed by atoms with Crippen molar-refractivity contribution in [2.24, 2.45) is 0 Å². The largest absolute Gasteiger partial charge is 0.338 e. The molecule has 1 aromatic carbocycles. The molecule has 0 spiro atoms. The van der Waals surface area contributed by atoms with Crippen LogP contribution < -0.4 is 0 Å². The molecule has 1 amide bonds. The third-order valence-corrected chi connectivity index (χ3v) is 4.80. The second-order valence-electron chi connectivity index (χ2n) is 5.86. The lowest BCUT2D eigenvalue weighted by atomic mass is 10.2. The van der Waals surface area contributed by atoms with Gasteiger partial charge in [0.05, 0.1) is 12.1 Å². The number of amides is 1. The molecule has 4 nitrogen and oxygen atoms in total. The van der Waals surface area contributed by atoms with Crippen LogP contribution in [0.3, 0.4) is 0 Å². The van der Waals surface area contributed by atoms with Crippen molar-refractivity contribution in [3.63, 3.8) is 0 Å². The third-order valence-electron chi connectivity index (χ3n) is 3.86. The fraction of sp³-hybridized carbons (Fsp3) is 0.250. The van der Waals surface area contributed by atoms with E-state index in [-0.39, 0.29) is 5.91 Å². The maximum absolute atomic E-state index is 12.7. The lowest BCUT2D eigenvalue weighted by Crippen LogP contribution is -2.32. The number of aromatic nitrogens is 2. The summed E-state index contributed by atoms with van der Waals surface area (Å²) in [5, 5.41) is 2.87. The highest BCUT2D eigenvalue weighted by Crippen LogP contribution is 2.23. The molecule has 0 unspecified atom stereocenters. The molecule has 0 radical (unpaired) electrons. The molecule has 0 atom stereocenters. The Kier molecular flexibility index (Phi) is 5.90.